The topological polar surface area (TPSA) is 6.48 Å². The molecular formula is C13H20N2. The van der Waals surface area contributed by atoms with E-state index < -0.39 is 0 Å². The monoisotopic (exact) mass is 204 g/mol. The Labute approximate surface area is 92.5 Å². The molecule has 15 heavy (non-hydrogen) atoms. The quantitative estimate of drug-likeness (QED) is 0.693. The third-order valence-electron chi connectivity index (χ3n) is 3.05. The van der Waals surface area contributed by atoms with Crippen molar-refractivity contribution in [3.63, 3.8) is 0 Å². The van der Waals surface area contributed by atoms with E-state index in [9.17, 15) is 0 Å². The molecule has 1 aliphatic heterocycles. The SMILES string of the molecule is CC(C)(C)N1CCN(c2ccccc2)C1. The number of nitrogens with zero attached hydrogens (tertiary/aromatic N) is 2. The van der Waals surface area contributed by atoms with Crippen LogP contribution >= 0.6 is 0 Å². The zero-order chi connectivity index (χ0) is 10.9. The van der Waals surface area contributed by atoms with Gasteiger partial charge in [-0.2, -0.15) is 0 Å². The summed E-state index contributed by atoms with van der Waals surface area (Å²) in [5.74, 6) is 0. The first-order valence-corrected chi connectivity index (χ1v) is 5.62. The number of anilines is 1. The molecule has 1 aromatic carbocycles. The second-order valence-electron chi connectivity index (χ2n) is 5.17. The van der Waals surface area contributed by atoms with Crippen LogP contribution in [0.1, 0.15) is 20.8 Å². The van der Waals surface area contributed by atoms with Crippen molar-refractivity contribution in [1.82, 2.24) is 4.90 Å². The van der Waals surface area contributed by atoms with Crippen LogP contribution in [0.15, 0.2) is 30.3 Å². The predicted molar refractivity (Wildman–Crippen MR) is 65.1 cm³/mol. The molecule has 1 fully saturated rings. The Morgan fingerprint density at radius 3 is 2.20 bits per heavy atom. The van der Waals surface area contributed by atoms with Crippen LogP contribution < -0.4 is 4.90 Å². The van der Waals surface area contributed by atoms with E-state index in [0.29, 0.717) is 0 Å². The Morgan fingerprint density at radius 1 is 1.00 bits per heavy atom. The van der Waals surface area contributed by atoms with E-state index in [0.717, 1.165) is 13.2 Å². The normalized spacial score (nSPS) is 18.5. The zero-order valence-corrected chi connectivity index (χ0v) is 9.90. The minimum Gasteiger partial charge on any atom is -0.357 e. The van der Waals surface area contributed by atoms with E-state index in [1.54, 1.807) is 0 Å². The van der Waals surface area contributed by atoms with E-state index in [-0.39, 0.29) is 5.54 Å². The van der Waals surface area contributed by atoms with Gasteiger partial charge in [0.15, 0.2) is 0 Å². The molecular weight excluding hydrogens is 184 g/mol. The maximum atomic E-state index is 2.51. The Bertz CT molecular complexity index is 313. The van der Waals surface area contributed by atoms with Gasteiger partial charge in [0.1, 0.15) is 0 Å². The molecule has 0 spiro atoms. The van der Waals surface area contributed by atoms with E-state index in [1.165, 1.54) is 12.2 Å². The maximum Gasteiger partial charge on any atom is 0.0712 e. The van der Waals surface area contributed by atoms with Gasteiger partial charge in [0.25, 0.3) is 0 Å². The molecule has 0 unspecified atom stereocenters. The predicted octanol–water partition coefficient (Wildman–Crippen LogP) is 2.56. The summed E-state index contributed by atoms with van der Waals surface area (Å²) < 4.78 is 0. The van der Waals surface area contributed by atoms with Gasteiger partial charge in [-0.1, -0.05) is 18.2 Å². The van der Waals surface area contributed by atoms with Gasteiger partial charge in [-0.15, -0.1) is 0 Å². The lowest BCUT2D eigenvalue weighted by molar-refractivity contribution is 0.177. The van der Waals surface area contributed by atoms with Crippen LogP contribution in [-0.4, -0.2) is 30.2 Å². The first kappa shape index (κ1) is 10.5. The summed E-state index contributed by atoms with van der Waals surface area (Å²) in [6, 6.07) is 10.7. The molecule has 2 rings (SSSR count). The number of para-hydroxylation sites is 1. The summed E-state index contributed by atoms with van der Waals surface area (Å²) in [4.78, 5) is 4.95. The molecule has 82 valence electrons. The third kappa shape index (κ3) is 2.32. The highest BCUT2D eigenvalue weighted by Crippen LogP contribution is 2.22. The highest BCUT2D eigenvalue weighted by Gasteiger charge is 2.28. The fourth-order valence-electron chi connectivity index (χ4n) is 1.99. The van der Waals surface area contributed by atoms with E-state index in [4.69, 9.17) is 0 Å². The van der Waals surface area contributed by atoms with E-state index in [2.05, 4.69) is 60.9 Å². The highest BCUT2D eigenvalue weighted by atomic mass is 15.4. The standard InChI is InChI=1S/C13H20N2/c1-13(2,3)15-10-9-14(11-15)12-7-5-4-6-8-12/h4-8H,9-11H2,1-3H3. The molecule has 1 aliphatic rings. The van der Waals surface area contributed by atoms with E-state index >= 15 is 0 Å². The number of hydrogen-bond donors (Lipinski definition) is 0. The molecule has 1 heterocycles. The van der Waals surface area contributed by atoms with Crippen LogP contribution in [0.2, 0.25) is 0 Å². The van der Waals surface area contributed by atoms with Crippen molar-refractivity contribution in [1.29, 1.82) is 0 Å². The van der Waals surface area contributed by atoms with Crippen molar-refractivity contribution in [3.8, 4) is 0 Å². The second kappa shape index (κ2) is 3.86. The summed E-state index contributed by atoms with van der Waals surface area (Å²) in [7, 11) is 0. The highest BCUT2D eigenvalue weighted by molar-refractivity contribution is 5.46. The van der Waals surface area contributed by atoms with Gasteiger partial charge in [0, 0.05) is 24.3 Å². The van der Waals surface area contributed by atoms with Crippen LogP contribution in [-0.2, 0) is 0 Å². The molecule has 0 aliphatic carbocycles. The average molecular weight is 204 g/mol. The van der Waals surface area contributed by atoms with Gasteiger partial charge in [-0.3, -0.25) is 4.90 Å². The van der Waals surface area contributed by atoms with Gasteiger partial charge in [0.05, 0.1) is 6.67 Å². The first-order chi connectivity index (χ1) is 7.07. The minimum absolute atomic E-state index is 0.281. The summed E-state index contributed by atoms with van der Waals surface area (Å²) >= 11 is 0. The van der Waals surface area contributed by atoms with Crippen LogP contribution in [0.25, 0.3) is 0 Å². The van der Waals surface area contributed by atoms with Crippen LogP contribution in [0, 0.1) is 0 Å². The molecule has 0 N–H and O–H groups in total. The number of hydrogen-bond acceptors (Lipinski definition) is 2. The fraction of sp³-hybridized carbons (Fsp3) is 0.538. The lowest BCUT2D eigenvalue weighted by Gasteiger charge is -2.31. The molecule has 0 bridgehead atoms. The molecule has 0 aromatic heterocycles. The molecule has 1 aromatic rings. The lowest BCUT2D eigenvalue weighted by Crippen LogP contribution is -2.40. The van der Waals surface area contributed by atoms with Crippen LogP contribution in [0.5, 0.6) is 0 Å². The second-order valence-corrected chi connectivity index (χ2v) is 5.17. The van der Waals surface area contributed by atoms with Crippen LogP contribution in [0.4, 0.5) is 5.69 Å². The molecule has 0 radical (unpaired) electrons. The largest absolute Gasteiger partial charge is 0.357 e. The van der Waals surface area contributed by atoms with Crippen molar-refractivity contribution < 1.29 is 0 Å². The number of benzene rings is 1. The summed E-state index contributed by atoms with van der Waals surface area (Å²) in [5.41, 5.74) is 1.62. The molecule has 2 nitrogen and oxygen atoms in total. The molecule has 2 heteroatoms. The Hall–Kier alpha value is -1.02. The molecule has 1 saturated heterocycles. The summed E-state index contributed by atoms with van der Waals surface area (Å²) in [5, 5.41) is 0. The molecule has 0 amide bonds. The first-order valence-electron chi connectivity index (χ1n) is 5.62. The average Bonchev–Trinajstić information content (AvgIpc) is 2.67. The number of rotatable bonds is 1. The van der Waals surface area contributed by atoms with E-state index in [1.807, 2.05) is 0 Å². The van der Waals surface area contributed by atoms with Crippen LogP contribution in [0.3, 0.4) is 0 Å². The lowest BCUT2D eigenvalue weighted by atomic mass is 10.1. The van der Waals surface area contributed by atoms with Crippen molar-refractivity contribution in [2.24, 2.45) is 0 Å². The van der Waals surface area contributed by atoms with Crippen molar-refractivity contribution in [2.45, 2.75) is 26.3 Å². The molecule has 0 atom stereocenters. The van der Waals surface area contributed by atoms with Gasteiger partial charge in [-0.05, 0) is 32.9 Å². The third-order valence-corrected chi connectivity index (χ3v) is 3.05. The Morgan fingerprint density at radius 2 is 1.67 bits per heavy atom. The summed E-state index contributed by atoms with van der Waals surface area (Å²) in [6.45, 7) is 10.2. The zero-order valence-electron chi connectivity index (χ0n) is 9.90. The van der Waals surface area contributed by atoms with Crippen molar-refractivity contribution in [2.75, 3.05) is 24.7 Å². The Balaban J connectivity index is 2.05. The van der Waals surface area contributed by atoms with Gasteiger partial charge >= 0.3 is 0 Å². The van der Waals surface area contributed by atoms with Gasteiger partial charge in [0.2, 0.25) is 0 Å². The van der Waals surface area contributed by atoms with Gasteiger partial charge < -0.3 is 4.90 Å². The fourth-order valence-corrected chi connectivity index (χ4v) is 1.99. The maximum absolute atomic E-state index is 2.51. The summed E-state index contributed by atoms with van der Waals surface area (Å²) in [6.07, 6.45) is 0. The molecule has 0 saturated carbocycles. The van der Waals surface area contributed by atoms with Crippen molar-refractivity contribution >= 4 is 5.69 Å². The minimum atomic E-state index is 0.281. The smallest absolute Gasteiger partial charge is 0.0712 e. The van der Waals surface area contributed by atoms with Gasteiger partial charge in [-0.25, -0.2) is 0 Å². The Kier molecular flexibility index (Phi) is 2.70. The van der Waals surface area contributed by atoms with Crippen molar-refractivity contribution in [3.05, 3.63) is 30.3 Å².